The van der Waals surface area contributed by atoms with Crippen LogP contribution in [0, 0.1) is 0 Å². The first-order valence-corrected chi connectivity index (χ1v) is 9.13. The van der Waals surface area contributed by atoms with Crippen molar-refractivity contribution in [3.63, 3.8) is 0 Å². The Morgan fingerprint density at radius 1 is 0.821 bits per heavy atom. The molecule has 0 heterocycles. The molecule has 0 aliphatic heterocycles. The molecule has 28 heavy (non-hydrogen) atoms. The predicted molar refractivity (Wildman–Crippen MR) is 109 cm³/mol. The van der Waals surface area contributed by atoms with Gasteiger partial charge >= 0.3 is 5.97 Å². The summed E-state index contributed by atoms with van der Waals surface area (Å²) >= 11 is 0. The number of rotatable bonds is 8. The standard InChI is InChI=1S/C24H22O4/c1-2-26-24(25)23(28-22-11-7-4-8-12-22)17-19-13-15-21(16-14-19)27-18-20-9-5-3-6-10-20/h3-17H,2,18H2,1H3/b23-17+. The zero-order valence-corrected chi connectivity index (χ0v) is 15.7. The van der Waals surface area contributed by atoms with Crippen molar-refractivity contribution in [2.45, 2.75) is 13.5 Å². The maximum atomic E-state index is 12.2. The largest absolute Gasteiger partial charge is 0.489 e. The van der Waals surface area contributed by atoms with Gasteiger partial charge in [0.1, 0.15) is 18.1 Å². The Kier molecular flexibility index (Phi) is 6.85. The van der Waals surface area contributed by atoms with E-state index in [-0.39, 0.29) is 12.4 Å². The number of benzene rings is 3. The highest BCUT2D eigenvalue weighted by Gasteiger charge is 2.13. The summed E-state index contributed by atoms with van der Waals surface area (Å²) in [6.45, 7) is 2.54. The molecule has 0 aliphatic carbocycles. The average molecular weight is 374 g/mol. The lowest BCUT2D eigenvalue weighted by molar-refractivity contribution is -0.140. The van der Waals surface area contributed by atoms with Crippen LogP contribution >= 0.6 is 0 Å². The first kappa shape index (κ1) is 19.2. The van der Waals surface area contributed by atoms with Crippen LogP contribution in [0.3, 0.4) is 0 Å². The topological polar surface area (TPSA) is 44.8 Å². The zero-order chi connectivity index (χ0) is 19.6. The summed E-state index contributed by atoms with van der Waals surface area (Å²) in [7, 11) is 0. The van der Waals surface area contributed by atoms with Gasteiger partial charge in [-0.15, -0.1) is 0 Å². The van der Waals surface area contributed by atoms with Gasteiger partial charge in [0, 0.05) is 0 Å². The third-order valence-corrected chi connectivity index (χ3v) is 3.87. The van der Waals surface area contributed by atoms with Gasteiger partial charge in [-0.25, -0.2) is 4.79 Å². The smallest absolute Gasteiger partial charge is 0.374 e. The Morgan fingerprint density at radius 2 is 1.46 bits per heavy atom. The van der Waals surface area contributed by atoms with Crippen molar-refractivity contribution in [2.75, 3.05) is 6.61 Å². The molecule has 0 aliphatic rings. The molecule has 142 valence electrons. The molecule has 0 atom stereocenters. The van der Waals surface area contributed by atoms with E-state index in [9.17, 15) is 4.79 Å². The Morgan fingerprint density at radius 3 is 2.11 bits per heavy atom. The Hall–Kier alpha value is -3.53. The molecule has 3 aromatic carbocycles. The minimum absolute atomic E-state index is 0.131. The number of hydrogen-bond donors (Lipinski definition) is 0. The van der Waals surface area contributed by atoms with Crippen LogP contribution < -0.4 is 9.47 Å². The molecule has 0 radical (unpaired) electrons. The van der Waals surface area contributed by atoms with Crippen LogP contribution in [0.5, 0.6) is 11.5 Å². The van der Waals surface area contributed by atoms with E-state index in [1.165, 1.54) is 0 Å². The van der Waals surface area contributed by atoms with E-state index in [4.69, 9.17) is 14.2 Å². The Balaban J connectivity index is 1.71. The van der Waals surface area contributed by atoms with Gasteiger partial charge in [-0.2, -0.15) is 0 Å². The molecule has 0 fully saturated rings. The van der Waals surface area contributed by atoms with Crippen molar-refractivity contribution in [1.82, 2.24) is 0 Å². The fraction of sp³-hybridized carbons (Fsp3) is 0.125. The van der Waals surface area contributed by atoms with Gasteiger partial charge in [0.15, 0.2) is 0 Å². The monoisotopic (exact) mass is 374 g/mol. The van der Waals surface area contributed by atoms with Crippen LogP contribution in [-0.4, -0.2) is 12.6 Å². The summed E-state index contributed by atoms with van der Waals surface area (Å²) in [4.78, 5) is 12.2. The molecule has 0 aromatic heterocycles. The minimum atomic E-state index is -0.504. The number of hydrogen-bond acceptors (Lipinski definition) is 4. The summed E-state index contributed by atoms with van der Waals surface area (Å²) in [5, 5.41) is 0. The van der Waals surface area contributed by atoms with Crippen LogP contribution in [0.2, 0.25) is 0 Å². The summed E-state index contributed by atoms with van der Waals surface area (Å²) in [5.74, 6) is 0.953. The maximum Gasteiger partial charge on any atom is 0.374 e. The predicted octanol–water partition coefficient (Wildman–Crippen LogP) is 5.25. The molecule has 0 amide bonds. The summed E-state index contributed by atoms with van der Waals surface area (Å²) in [6, 6.07) is 26.6. The van der Waals surface area contributed by atoms with Gasteiger partial charge in [-0.3, -0.25) is 0 Å². The van der Waals surface area contributed by atoms with Crippen LogP contribution in [-0.2, 0) is 16.1 Å². The quantitative estimate of drug-likeness (QED) is 0.307. The van der Waals surface area contributed by atoms with Crippen LogP contribution in [0.25, 0.3) is 6.08 Å². The highest BCUT2D eigenvalue weighted by atomic mass is 16.6. The van der Waals surface area contributed by atoms with Crippen molar-refractivity contribution in [3.8, 4) is 11.5 Å². The van der Waals surface area contributed by atoms with Gasteiger partial charge in [0.05, 0.1) is 6.61 Å². The second kappa shape index (κ2) is 9.97. The molecule has 4 heteroatoms. The number of carbonyl (C=O) groups is 1. The number of para-hydroxylation sites is 1. The van der Waals surface area contributed by atoms with Crippen LogP contribution in [0.1, 0.15) is 18.1 Å². The summed E-state index contributed by atoms with van der Waals surface area (Å²) in [5.41, 5.74) is 1.92. The fourth-order valence-electron chi connectivity index (χ4n) is 2.50. The molecule has 0 saturated heterocycles. The maximum absolute atomic E-state index is 12.2. The molecule has 0 spiro atoms. The molecular formula is C24H22O4. The minimum Gasteiger partial charge on any atom is -0.489 e. The number of esters is 1. The summed E-state index contributed by atoms with van der Waals surface area (Å²) in [6.07, 6.45) is 1.66. The Bertz CT molecular complexity index is 900. The molecule has 0 unspecified atom stereocenters. The number of carbonyl (C=O) groups excluding carboxylic acids is 1. The first-order valence-electron chi connectivity index (χ1n) is 9.13. The van der Waals surface area contributed by atoms with Crippen molar-refractivity contribution in [2.24, 2.45) is 0 Å². The van der Waals surface area contributed by atoms with Crippen LogP contribution in [0.4, 0.5) is 0 Å². The molecular weight excluding hydrogens is 352 g/mol. The van der Waals surface area contributed by atoms with E-state index in [0.717, 1.165) is 16.9 Å². The molecule has 3 rings (SSSR count). The normalized spacial score (nSPS) is 11.0. The SMILES string of the molecule is CCOC(=O)/C(=C\c1ccc(OCc2ccccc2)cc1)Oc1ccccc1. The first-order chi connectivity index (χ1) is 13.7. The van der Waals surface area contributed by atoms with E-state index >= 15 is 0 Å². The van der Waals surface area contributed by atoms with Crippen LogP contribution in [0.15, 0.2) is 90.7 Å². The second-order valence-corrected chi connectivity index (χ2v) is 5.99. The molecule has 0 N–H and O–H groups in total. The van der Waals surface area contributed by atoms with Crippen molar-refractivity contribution >= 4 is 12.0 Å². The highest BCUT2D eigenvalue weighted by molar-refractivity contribution is 5.92. The number of ether oxygens (including phenoxy) is 3. The molecule has 0 saturated carbocycles. The third kappa shape index (κ3) is 5.74. The van der Waals surface area contributed by atoms with Gasteiger partial charge < -0.3 is 14.2 Å². The fourth-order valence-corrected chi connectivity index (χ4v) is 2.50. The van der Waals surface area contributed by atoms with Crippen molar-refractivity contribution < 1.29 is 19.0 Å². The van der Waals surface area contributed by atoms with E-state index in [1.54, 1.807) is 25.1 Å². The van der Waals surface area contributed by atoms with Gasteiger partial charge in [0.2, 0.25) is 5.76 Å². The Labute approximate surface area is 165 Å². The van der Waals surface area contributed by atoms with E-state index in [1.807, 2.05) is 72.8 Å². The second-order valence-electron chi connectivity index (χ2n) is 5.99. The lowest BCUT2D eigenvalue weighted by Crippen LogP contribution is -2.12. The van der Waals surface area contributed by atoms with Gasteiger partial charge in [-0.05, 0) is 48.4 Å². The lowest BCUT2D eigenvalue weighted by atomic mass is 10.2. The van der Waals surface area contributed by atoms with E-state index in [0.29, 0.717) is 12.4 Å². The summed E-state index contributed by atoms with van der Waals surface area (Å²) < 4.78 is 16.6. The van der Waals surface area contributed by atoms with Crippen molar-refractivity contribution in [1.29, 1.82) is 0 Å². The highest BCUT2D eigenvalue weighted by Crippen LogP contribution is 2.19. The molecule has 4 nitrogen and oxygen atoms in total. The third-order valence-electron chi connectivity index (χ3n) is 3.87. The zero-order valence-electron chi connectivity index (χ0n) is 15.7. The van der Waals surface area contributed by atoms with Crippen molar-refractivity contribution in [3.05, 3.63) is 102 Å². The average Bonchev–Trinajstić information content (AvgIpc) is 2.74. The lowest BCUT2D eigenvalue weighted by Gasteiger charge is -2.10. The molecule has 0 bridgehead atoms. The van der Waals surface area contributed by atoms with E-state index in [2.05, 4.69) is 0 Å². The van der Waals surface area contributed by atoms with Gasteiger partial charge in [-0.1, -0.05) is 60.7 Å². The van der Waals surface area contributed by atoms with Gasteiger partial charge in [0.25, 0.3) is 0 Å². The molecule has 3 aromatic rings. The van der Waals surface area contributed by atoms with E-state index < -0.39 is 5.97 Å².